The highest BCUT2D eigenvalue weighted by Crippen LogP contribution is 2.39. The van der Waals surface area contributed by atoms with Crippen molar-refractivity contribution in [2.45, 2.75) is 48.0 Å². The summed E-state index contributed by atoms with van der Waals surface area (Å²) in [4.78, 5) is 0. The molecule has 0 rings (SSSR count). The molecule has 0 bridgehead atoms. The Morgan fingerprint density at radius 1 is 1.27 bits per heavy atom. The van der Waals surface area contributed by atoms with E-state index in [1.54, 1.807) is 0 Å². The van der Waals surface area contributed by atoms with Crippen LogP contribution in [0.4, 0.5) is 0 Å². The summed E-state index contributed by atoms with van der Waals surface area (Å²) in [6.45, 7) is 21.3. The molecule has 0 fully saturated rings. The molecule has 0 aliphatic carbocycles. The van der Waals surface area contributed by atoms with Crippen LogP contribution in [0.5, 0.6) is 0 Å². The Balaban J connectivity index is 5.00. The Hall–Kier alpha value is -0.780. The van der Waals surface area contributed by atoms with Gasteiger partial charge in [0.25, 0.3) is 0 Å². The van der Waals surface area contributed by atoms with Gasteiger partial charge in [0.1, 0.15) is 0 Å². The van der Waals surface area contributed by atoms with E-state index in [1.807, 2.05) is 6.08 Å². The van der Waals surface area contributed by atoms with Crippen molar-refractivity contribution in [3.63, 3.8) is 0 Å². The van der Waals surface area contributed by atoms with Crippen LogP contribution in [-0.2, 0) is 0 Å². The molecule has 1 unspecified atom stereocenters. The lowest BCUT2D eigenvalue weighted by Gasteiger charge is -2.34. The second kappa shape index (κ2) is 5.34. The largest absolute Gasteiger partial charge is 0.103 e. The average molecular weight is 206 g/mol. The van der Waals surface area contributed by atoms with Crippen LogP contribution >= 0.6 is 0 Å². The molecule has 86 valence electrons. The molecule has 0 spiro atoms. The molecule has 0 aliphatic rings. The summed E-state index contributed by atoms with van der Waals surface area (Å²) in [5, 5.41) is 0. The first kappa shape index (κ1) is 14.2. The van der Waals surface area contributed by atoms with Gasteiger partial charge in [0.2, 0.25) is 0 Å². The molecular weight excluding hydrogens is 180 g/mol. The number of allylic oxidation sites excluding steroid dienone is 4. The van der Waals surface area contributed by atoms with E-state index in [0.29, 0.717) is 5.92 Å². The zero-order valence-electron chi connectivity index (χ0n) is 11.3. The summed E-state index contributed by atoms with van der Waals surface area (Å²) in [7, 11) is 0. The molecule has 0 N–H and O–H groups in total. The third kappa shape index (κ3) is 3.37. The smallest absolute Gasteiger partial charge is 0.00874 e. The molecule has 0 nitrogen and oxygen atoms in total. The van der Waals surface area contributed by atoms with Gasteiger partial charge < -0.3 is 0 Å². The monoisotopic (exact) mass is 206 g/mol. The van der Waals surface area contributed by atoms with Crippen molar-refractivity contribution in [1.29, 1.82) is 0 Å². The molecule has 0 radical (unpaired) electrons. The fraction of sp³-hybridized carbons (Fsp3) is 0.600. The number of rotatable bonds is 5. The summed E-state index contributed by atoms with van der Waals surface area (Å²) in [6.07, 6.45) is 2.96. The maximum Gasteiger partial charge on any atom is -0.00874 e. The Morgan fingerprint density at radius 2 is 1.73 bits per heavy atom. The Kier molecular flexibility index (Phi) is 5.07. The minimum Gasteiger partial charge on any atom is -0.103 e. The maximum atomic E-state index is 4.09. The van der Waals surface area contributed by atoms with Crippen LogP contribution in [0, 0.1) is 11.3 Å². The lowest BCUT2D eigenvalue weighted by Crippen LogP contribution is -2.24. The van der Waals surface area contributed by atoms with Crippen LogP contribution in [-0.4, -0.2) is 0 Å². The molecule has 1 atom stereocenters. The molecule has 0 aromatic heterocycles. The van der Waals surface area contributed by atoms with Crippen molar-refractivity contribution in [1.82, 2.24) is 0 Å². The minimum absolute atomic E-state index is 0.173. The first-order valence-corrected chi connectivity index (χ1v) is 5.68. The summed E-state index contributed by atoms with van der Waals surface area (Å²) in [5.74, 6) is 0.537. The van der Waals surface area contributed by atoms with Crippen molar-refractivity contribution in [2.24, 2.45) is 11.3 Å². The molecule has 0 heteroatoms. The summed E-state index contributed by atoms with van der Waals surface area (Å²) in [6, 6.07) is 0. The van der Waals surface area contributed by atoms with Gasteiger partial charge in [-0.25, -0.2) is 0 Å². The SMILES string of the molecule is C=CC/C(C)=C(\C)C(C)C(C)(C)C(=C)C. The normalized spacial score (nSPS) is 15.6. The predicted octanol–water partition coefficient (Wildman–Crippen LogP) is 5.14. The Morgan fingerprint density at radius 3 is 2.07 bits per heavy atom. The zero-order valence-corrected chi connectivity index (χ0v) is 11.3. The van der Waals surface area contributed by atoms with Crippen LogP contribution in [0.25, 0.3) is 0 Å². The molecule has 0 aromatic carbocycles. The van der Waals surface area contributed by atoms with Crippen molar-refractivity contribution < 1.29 is 0 Å². The van der Waals surface area contributed by atoms with Crippen LogP contribution in [0.3, 0.4) is 0 Å². The standard InChI is InChI=1S/C15H26/c1-9-10-12(4)13(5)14(6)15(7,8)11(2)3/h9,14H,1-2,10H2,3-8H3/b13-12+. The fourth-order valence-electron chi connectivity index (χ4n) is 1.66. The van der Waals surface area contributed by atoms with E-state index in [2.05, 4.69) is 54.7 Å². The van der Waals surface area contributed by atoms with E-state index in [-0.39, 0.29) is 5.41 Å². The van der Waals surface area contributed by atoms with Gasteiger partial charge in [-0.05, 0) is 38.5 Å². The fourth-order valence-corrected chi connectivity index (χ4v) is 1.66. The third-order valence-corrected chi connectivity index (χ3v) is 3.96. The van der Waals surface area contributed by atoms with Crippen molar-refractivity contribution >= 4 is 0 Å². The summed E-state index contributed by atoms with van der Waals surface area (Å²) < 4.78 is 0. The van der Waals surface area contributed by atoms with Crippen molar-refractivity contribution in [3.8, 4) is 0 Å². The summed E-state index contributed by atoms with van der Waals surface area (Å²) >= 11 is 0. The van der Waals surface area contributed by atoms with Crippen molar-refractivity contribution in [2.75, 3.05) is 0 Å². The van der Waals surface area contributed by atoms with E-state index >= 15 is 0 Å². The molecular formula is C15H26. The van der Waals surface area contributed by atoms with Gasteiger partial charge in [-0.2, -0.15) is 0 Å². The van der Waals surface area contributed by atoms with E-state index in [1.165, 1.54) is 16.7 Å². The highest BCUT2D eigenvalue weighted by molar-refractivity contribution is 5.21. The molecule has 0 heterocycles. The summed E-state index contributed by atoms with van der Waals surface area (Å²) in [5.41, 5.74) is 4.34. The van der Waals surface area contributed by atoms with Gasteiger partial charge >= 0.3 is 0 Å². The Labute approximate surface area is 95.8 Å². The lowest BCUT2D eigenvalue weighted by molar-refractivity contribution is 0.326. The highest BCUT2D eigenvalue weighted by atomic mass is 14.3. The van der Waals surface area contributed by atoms with Gasteiger partial charge in [-0.15, -0.1) is 6.58 Å². The van der Waals surface area contributed by atoms with Crippen LogP contribution in [0.2, 0.25) is 0 Å². The van der Waals surface area contributed by atoms with E-state index < -0.39 is 0 Å². The first-order chi connectivity index (χ1) is 6.75. The molecule has 15 heavy (non-hydrogen) atoms. The molecule has 0 saturated carbocycles. The van der Waals surface area contributed by atoms with Crippen LogP contribution < -0.4 is 0 Å². The minimum atomic E-state index is 0.173. The van der Waals surface area contributed by atoms with Gasteiger partial charge in [-0.3, -0.25) is 0 Å². The lowest BCUT2D eigenvalue weighted by atomic mass is 9.71. The average Bonchev–Trinajstić information content (AvgIpc) is 2.15. The van der Waals surface area contributed by atoms with E-state index in [4.69, 9.17) is 0 Å². The van der Waals surface area contributed by atoms with E-state index in [9.17, 15) is 0 Å². The molecule has 0 aliphatic heterocycles. The van der Waals surface area contributed by atoms with Crippen molar-refractivity contribution in [3.05, 3.63) is 36.0 Å². The topological polar surface area (TPSA) is 0 Å². The zero-order chi connectivity index (χ0) is 12.2. The van der Waals surface area contributed by atoms with Gasteiger partial charge in [-0.1, -0.05) is 50.1 Å². The predicted molar refractivity (Wildman–Crippen MR) is 70.9 cm³/mol. The van der Waals surface area contributed by atoms with E-state index in [0.717, 1.165) is 6.42 Å². The van der Waals surface area contributed by atoms with Gasteiger partial charge in [0.05, 0.1) is 0 Å². The molecule has 0 aromatic rings. The molecule has 0 saturated heterocycles. The number of hydrogen-bond donors (Lipinski definition) is 0. The van der Waals surface area contributed by atoms with Gasteiger partial charge in [0.15, 0.2) is 0 Å². The molecule has 0 amide bonds. The second-order valence-electron chi connectivity index (χ2n) is 5.18. The Bertz CT molecular complexity index is 276. The first-order valence-electron chi connectivity index (χ1n) is 5.68. The van der Waals surface area contributed by atoms with Crippen LogP contribution in [0.15, 0.2) is 36.0 Å². The maximum absolute atomic E-state index is 4.09. The quantitative estimate of drug-likeness (QED) is 0.546. The third-order valence-electron chi connectivity index (χ3n) is 3.96. The second-order valence-corrected chi connectivity index (χ2v) is 5.18. The highest BCUT2D eigenvalue weighted by Gasteiger charge is 2.28. The van der Waals surface area contributed by atoms with Crippen LogP contribution in [0.1, 0.15) is 48.0 Å². The van der Waals surface area contributed by atoms with Gasteiger partial charge in [0, 0.05) is 0 Å². The number of hydrogen-bond acceptors (Lipinski definition) is 0.